The molecular weight excluding hydrogens is 332 g/mol. The van der Waals surface area contributed by atoms with Crippen LogP contribution in [0.1, 0.15) is 17.8 Å². The molecule has 4 nitrogen and oxygen atoms in total. The van der Waals surface area contributed by atoms with Crippen LogP contribution in [0.4, 0.5) is 0 Å². The van der Waals surface area contributed by atoms with Crippen molar-refractivity contribution >= 4 is 0 Å². The van der Waals surface area contributed by atoms with Gasteiger partial charge in [0.05, 0.1) is 11.4 Å². The van der Waals surface area contributed by atoms with E-state index in [1.54, 1.807) is 0 Å². The smallest absolute Gasteiger partial charge is 0.134 e. The Bertz CT molecular complexity index is 934. The van der Waals surface area contributed by atoms with Crippen LogP contribution in [-0.4, -0.2) is 9.97 Å². The fraction of sp³-hybridized carbons (Fsp3) is 0.391. The van der Waals surface area contributed by atoms with Crippen molar-refractivity contribution in [3.05, 3.63) is 84.5 Å². The van der Waals surface area contributed by atoms with Crippen LogP contribution in [0.25, 0.3) is 0 Å². The summed E-state index contributed by atoms with van der Waals surface area (Å²) >= 11 is 0. The highest BCUT2D eigenvalue weighted by molar-refractivity contribution is 5.44. The number of hydrogen-bond acceptors (Lipinski definition) is 4. The van der Waals surface area contributed by atoms with E-state index < -0.39 is 0 Å². The number of rotatable bonds is 2. The molecule has 2 aromatic heterocycles. The van der Waals surface area contributed by atoms with Crippen molar-refractivity contribution in [1.29, 1.82) is 0 Å². The number of hydrogen-bond donors (Lipinski definition) is 0. The first-order valence-electron chi connectivity index (χ1n) is 9.99. The van der Waals surface area contributed by atoms with Crippen LogP contribution in [0.2, 0.25) is 0 Å². The largest absolute Gasteiger partial charge is 0.259 e. The normalized spacial score (nSPS) is 47.0. The van der Waals surface area contributed by atoms with E-state index >= 15 is 0 Å². The SMILES string of the molecule is C1=C[C@@H]2CC1[C@@H]1[C@H]2[C@]2(c3ccccn3)N=N[C@@]1(c1ccccn1)[C@H]1C=C[C@H]12. The Labute approximate surface area is 158 Å². The molecule has 8 atom stereocenters. The Morgan fingerprint density at radius 1 is 0.667 bits per heavy atom. The van der Waals surface area contributed by atoms with Crippen molar-refractivity contribution in [1.82, 2.24) is 9.97 Å². The summed E-state index contributed by atoms with van der Waals surface area (Å²) in [5, 5.41) is 10.3. The Balaban J connectivity index is 1.55. The van der Waals surface area contributed by atoms with Crippen LogP contribution in [-0.2, 0) is 11.1 Å². The third-order valence-electron chi connectivity index (χ3n) is 7.94. The highest BCUT2D eigenvalue weighted by Gasteiger charge is 2.76. The number of fused-ring (bicyclic) bond motifs is 2. The third-order valence-corrected chi connectivity index (χ3v) is 7.94. The average molecular weight is 352 g/mol. The minimum atomic E-state index is -0.313. The molecule has 4 aliphatic carbocycles. The van der Waals surface area contributed by atoms with Crippen molar-refractivity contribution < 1.29 is 0 Å². The molecule has 2 aromatic rings. The first-order valence-corrected chi connectivity index (χ1v) is 9.99. The molecule has 0 N–H and O–H groups in total. The summed E-state index contributed by atoms with van der Waals surface area (Å²) in [5.41, 5.74) is 1.56. The highest BCUT2D eigenvalue weighted by Crippen LogP contribution is 2.75. The van der Waals surface area contributed by atoms with Gasteiger partial charge >= 0.3 is 0 Å². The Morgan fingerprint density at radius 2 is 1.19 bits per heavy atom. The van der Waals surface area contributed by atoms with Gasteiger partial charge in [0.2, 0.25) is 0 Å². The van der Waals surface area contributed by atoms with E-state index in [0.717, 1.165) is 11.4 Å². The third kappa shape index (κ3) is 1.43. The Kier molecular flexibility index (Phi) is 2.47. The fourth-order valence-corrected chi connectivity index (χ4v) is 7.06. The van der Waals surface area contributed by atoms with Gasteiger partial charge in [-0.3, -0.25) is 9.97 Å². The van der Waals surface area contributed by atoms with Crippen molar-refractivity contribution in [2.45, 2.75) is 17.5 Å². The van der Waals surface area contributed by atoms with Crippen LogP contribution < -0.4 is 0 Å². The van der Waals surface area contributed by atoms with E-state index in [4.69, 9.17) is 20.2 Å². The van der Waals surface area contributed by atoms with Gasteiger partial charge in [0.1, 0.15) is 11.1 Å². The van der Waals surface area contributed by atoms with E-state index in [-0.39, 0.29) is 11.1 Å². The summed E-state index contributed by atoms with van der Waals surface area (Å²) in [6.45, 7) is 0. The first kappa shape index (κ1) is 14.4. The minimum absolute atomic E-state index is 0.313. The van der Waals surface area contributed by atoms with Gasteiger partial charge in [-0.1, -0.05) is 36.4 Å². The minimum Gasteiger partial charge on any atom is -0.259 e. The molecular formula is C23H20N4. The number of aromatic nitrogens is 2. The summed E-state index contributed by atoms with van der Waals surface area (Å²) in [6, 6.07) is 12.5. The maximum absolute atomic E-state index is 5.13. The lowest BCUT2D eigenvalue weighted by Crippen LogP contribution is -2.67. The molecule has 4 heterocycles. The summed E-state index contributed by atoms with van der Waals surface area (Å²) in [4.78, 5) is 9.60. The maximum atomic E-state index is 5.13. The lowest BCUT2D eigenvalue weighted by atomic mass is 9.43. The highest BCUT2D eigenvalue weighted by atomic mass is 15.3. The molecule has 4 heteroatoms. The second kappa shape index (κ2) is 4.61. The molecule has 8 rings (SSSR count). The van der Waals surface area contributed by atoms with E-state index in [9.17, 15) is 0 Å². The molecule has 0 radical (unpaired) electrons. The zero-order valence-electron chi connectivity index (χ0n) is 14.9. The second-order valence-electron chi connectivity index (χ2n) is 8.72. The lowest BCUT2D eigenvalue weighted by Gasteiger charge is -2.65. The molecule has 2 fully saturated rings. The Morgan fingerprint density at radius 3 is 1.59 bits per heavy atom. The van der Waals surface area contributed by atoms with Crippen LogP contribution in [0.15, 0.2) is 83.3 Å². The summed E-state index contributed by atoms with van der Waals surface area (Å²) in [7, 11) is 0. The maximum Gasteiger partial charge on any atom is 0.134 e. The molecule has 27 heavy (non-hydrogen) atoms. The van der Waals surface area contributed by atoms with E-state index in [1.807, 2.05) is 24.5 Å². The molecule has 1 unspecified atom stereocenters. The molecule has 2 aliphatic heterocycles. The van der Waals surface area contributed by atoms with Crippen LogP contribution in [0.5, 0.6) is 0 Å². The van der Waals surface area contributed by atoms with Crippen LogP contribution in [0, 0.1) is 35.5 Å². The predicted octanol–water partition coefficient (Wildman–Crippen LogP) is 4.29. The molecule has 0 aromatic carbocycles. The standard InChI is InChI=1S/C23H20N4/c1-3-11-24-18(5-1)22-16-9-10-17(16)23(27-26-22,19-6-2-4-12-25-19)21-15-8-7-14(13-15)20(21)22/h1-12,14-17,20-21H,13H2/t14-,15?,16-,17+,20+,21-,22+,23-/m1/s1. The van der Waals surface area contributed by atoms with Crippen LogP contribution in [0.3, 0.4) is 0 Å². The number of azo groups is 1. The second-order valence-corrected chi connectivity index (χ2v) is 8.72. The summed E-state index contributed by atoms with van der Waals surface area (Å²) in [5.74, 6) is 2.77. The quantitative estimate of drug-likeness (QED) is 0.757. The van der Waals surface area contributed by atoms with E-state index in [2.05, 4.69) is 48.6 Å². The monoisotopic (exact) mass is 352 g/mol. The van der Waals surface area contributed by atoms with Gasteiger partial charge in [0.25, 0.3) is 0 Å². The molecule has 4 bridgehead atoms. The van der Waals surface area contributed by atoms with E-state index in [1.165, 1.54) is 6.42 Å². The summed E-state index contributed by atoms with van der Waals surface area (Å²) in [6.07, 6.45) is 14.6. The van der Waals surface area contributed by atoms with Gasteiger partial charge in [-0.25, -0.2) is 0 Å². The molecule has 132 valence electrons. The first-order chi connectivity index (χ1) is 13.4. The molecule has 0 spiro atoms. The molecule has 2 saturated carbocycles. The lowest BCUT2D eigenvalue weighted by molar-refractivity contribution is -0.0886. The number of nitrogens with zero attached hydrogens (tertiary/aromatic N) is 4. The van der Waals surface area contributed by atoms with Gasteiger partial charge in [-0.2, -0.15) is 10.2 Å². The van der Waals surface area contributed by atoms with Gasteiger partial charge in [0.15, 0.2) is 0 Å². The molecule has 0 amide bonds. The number of pyridine rings is 2. The van der Waals surface area contributed by atoms with Crippen LogP contribution >= 0.6 is 0 Å². The molecule has 0 saturated heterocycles. The molecule has 6 aliphatic rings. The fourth-order valence-electron chi connectivity index (χ4n) is 7.06. The predicted molar refractivity (Wildman–Crippen MR) is 101 cm³/mol. The van der Waals surface area contributed by atoms with Crippen molar-refractivity contribution in [2.75, 3.05) is 0 Å². The van der Waals surface area contributed by atoms with Gasteiger partial charge in [-0.15, -0.1) is 0 Å². The average Bonchev–Trinajstić information content (AvgIpc) is 3.33. The number of allylic oxidation sites excluding steroid dienone is 2. The van der Waals surface area contributed by atoms with Crippen molar-refractivity contribution in [3.8, 4) is 0 Å². The van der Waals surface area contributed by atoms with Gasteiger partial charge < -0.3 is 0 Å². The Hall–Kier alpha value is -2.62. The topological polar surface area (TPSA) is 50.5 Å². The summed E-state index contributed by atoms with van der Waals surface area (Å²) < 4.78 is 0. The van der Waals surface area contributed by atoms with E-state index in [0.29, 0.717) is 35.5 Å². The van der Waals surface area contributed by atoms with Gasteiger partial charge in [-0.05, 0) is 42.5 Å². The van der Waals surface area contributed by atoms with Crippen molar-refractivity contribution in [2.24, 2.45) is 45.7 Å². The zero-order chi connectivity index (χ0) is 17.6. The zero-order valence-corrected chi connectivity index (χ0v) is 14.9. The van der Waals surface area contributed by atoms with Crippen molar-refractivity contribution in [3.63, 3.8) is 0 Å². The van der Waals surface area contributed by atoms with Gasteiger partial charge in [0, 0.05) is 36.1 Å².